The van der Waals surface area contributed by atoms with Crippen LogP contribution in [0.25, 0.3) is 0 Å². The molecule has 4 heteroatoms. The van der Waals surface area contributed by atoms with Crippen molar-refractivity contribution in [2.75, 3.05) is 5.32 Å². The molecule has 3 N–H and O–H groups in total. The fourth-order valence-corrected chi connectivity index (χ4v) is 2.35. The van der Waals surface area contributed by atoms with Gasteiger partial charge in [-0.2, -0.15) is 0 Å². The molecule has 0 spiro atoms. The third-order valence-corrected chi connectivity index (χ3v) is 3.28. The Kier molecular flexibility index (Phi) is 3.76. The number of hydrogen-bond donors (Lipinski definition) is 2. The molecular weight excluding hydrogens is 230 g/mol. The Morgan fingerprint density at radius 2 is 2.18 bits per heavy atom. The van der Waals surface area contributed by atoms with Crippen LogP contribution in [0.2, 0.25) is 0 Å². The van der Waals surface area contributed by atoms with Crippen LogP contribution in [0.3, 0.4) is 0 Å². The summed E-state index contributed by atoms with van der Waals surface area (Å²) in [7, 11) is 0. The molecule has 2 rings (SSSR count). The highest BCUT2D eigenvalue weighted by atomic mass is 32.1. The summed E-state index contributed by atoms with van der Waals surface area (Å²) in [5, 5.41) is 6.32. The Bertz CT molecular complexity index is 491. The number of anilines is 2. The average Bonchev–Trinajstić information content (AvgIpc) is 2.68. The average molecular weight is 247 g/mol. The number of aryl methyl sites for hydroxylation is 1. The summed E-state index contributed by atoms with van der Waals surface area (Å²) in [4.78, 5) is 4.51. The molecule has 1 unspecified atom stereocenters. The van der Waals surface area contributed by atoms with Crippen molar-refractivity contribution in [2.24, 2.45) is 5.73 Å². The van der Waals surface area contributed by atoms with Gasteiger partial charge in [-0.25, -0.2) is 4.98 Å². The summed E-state index contributed by atoms with van der Waals surface area (Å²) >= 11 is 1.62. The quantitative estimate of drug-likeness (QED) is 0.873. The van der Waals surface area contributed by atoms with Gasteiger partial charge >= 0.3 is 0 Å². The number of thiazole rings is 1. The largest absolute Gasteiger partial charge is 0.331 e. The van der Waals surface area contributed by atoms with Gasteiger partial charge in [0.15, 0.2) is 5.13 Å². The van der Waals surface area contributed by atoms with Crippen molar-refractivity contribution in [1.82, 2.24) is 4.98 Å². The van der Waals surface area contributed by atoms with E-state index < -0.39 is 0 Å². The molecule has 0 bridgehead atoms. The lowest BCUT2D eigenvalue weighted by Gasteiger charge is -2.05. The third-order valence-electron chi connectivity index (χ3n) is 2.47. The molecule has 1 aromatic heterocycles. The number of rotatable bonds is 4. The van der Waals surface area contributed by atoms with Gasteiger partial charge in [-0.15, -0.1) is 11.3 Å². The summed E-state index contributed by atoms with van der Waals surface area (Å²) in [5.41, 5.74) is 9.14. The van der Waals surface area contributed by atoms with E-state index in [1.54, 1.807) is 11.3 Å². The van der Waals surface area contributed by atoms with Gasteiger partial charge in [0.2, 0.25) is 0 Å². The summed E-state index contributed by atoms with van der Waals surface area (Å²) in [6, 6.07) is 8.35. The van der Waals surface area contributed by atoms with Gasteiger partial charge in [0.05, 0.1) is 5.69 Å². The van der Waals surface area contributed by atoms with Crippen molar-refractivity contribution in [1.29, 1.82) is 0 Å². The smallest absolute Gasteiger partial charge is 0.187 e. The maximum Gasteiger partial charge on any atom is 0.187 e. The summed E-state index contributed by atoms with van der Waals surface area (Å²) in [6.45, 7) is 4.08. The molecule has 90 valence electrons. The second kappa shape index (κ2) is 5.29. The van der Waals surface area contributed by atoms with Crippen LogP contribution in [-0.2, 0) is 6.42 Å². The van der Waals surface area contributed by atoms with Crippen LogP contribution in [0, 0.1) is 6.92 Å². The lowest BCUT2D eigenvalue weighted by Crippen LogP contribution is -2.17. The van der Waals surface area contributed by atoms with Crippen molar-refractivity contribution in [3.63, 3.8) is 0 Å². The van der Waals surface area contributed by atoms with Crippen LogP contribution in [0.15, 0.2) is 29.6 Å². The molecule has 1 aromatic carbocycles. The monoisotopic (exact) mass is 247 g/mol. The van der Waals surface area contributed by atoms with E-state index >= 15 is 0 Å². The standard InChI is InChI=1S/C13H17N3S/c1-9-5-3-4-6-12(9)16-13-15-11(8-17-13)7-10(2)14/h3-6,8,10H,7,14H2,1-2H3,(H,15,16). The number of para-hydroxylation sites is 1. The van der Waals surface area contributed by atoms with E-state index in [4.69, 9.17) is 5.73 Å². The second-order valence-electron chi connectivity index (χ2n) is 4.27. The van der Waals surface area contributed by atoms with Gasteiger partial charge < -0.3 is 11.1 Å². The Morgan fingerprint density at radius 1 is 1.41 bits per heavy atom. The fourth-order valence-electron chi connectivity index (χ4n) is 1.62. The first-order chi connectivity index (χ1) is 8.15. The highest BCUT2D eigenvalue weighted by molar-refractivity contribution is 7.13. The lowest BCUT2D eigenvalue weighted by atomic mass is 10.2. The first-order valence-corrected chi connectivity index (χ1v) is 6.56. The molecule has 3 nitrogen and oxygen atoms in total. The highest BCUT2D eigenvalue weighted by Crippen LogP contribution is 2.23. The van der Waals surface area contributed by atoms with E-state index in [1.807, 2.05) is 19.1 Å². The Balaban J connectivity index is 2.09. The normalized spacial score (nSPS) is 12.4. The van der Waals surface area contributed by atoms with E-state index in [9.17, 15) is 0 Å². The molecule has 17 heavy (non-hydrogen) atoms. The zero-order chi connectivity index (χ0) is 12.3. The molecule has 0 radical (unpaired) electrons. The molecule has 0 aliphatic heterocycles. The molecular formula is C13H17N3S. The van der Waals surface area contributed by atoms with Gasteiger partial charge in [0, 0.05) is 23.5 Å². The SMILES string of the molecule is Cc1ccccc1Nc1nc(CC(C)N)cs1. The lowest BCUT2D eigenvalue weighted by molar-refractivity contribution is 0.726. The van der Waals surface area contributed by atoms with E-state index in [0.29, 0.717) is 0 Å². The maximum atomic E-state index is 5.75. The molecule has 0 aliphatic carbocycles. The number of benzene rings is 1. The number of nitrogens with two attached hydrogens (primary N) is 1. The highest BCUT2D eigenvalue weighted by Gasteiger charge is 2.05. The summed E-state index contributed by atoms with van der Waals surface area (Å²) in [6.07, 6.45) is 0.825. The molecule has 0 amide bonds. The van der Waals surface area contributed by atoms with Crippen LogP contribution >= 0.6 is 11.3 Å². The molecule has 2 aromatic rings. The minimum absolute atomic E-state index is 0.156. The van der Waals surface area contributed by atoms with Crippen molar-refractivity contribution >= 4 is 22.2 Å². The van der Waals surface area contributed by atoms with Crippen LogP contribution in [-0.4, -0.2) is 11.0 Å². The number of hydrogen-bond acceptors (Lipinski definition) is 4. The van der Waals surface area contributed by atoms with Crippen LogP contribution < -0.4 is 11.1 Å². The first kappa shape index (κ1) is 12.1. The fraction of sp³-hybridized carbons (Fsp3) is 0.308. The summed E-state index contributed by atoms with van der Waals surface area (Å²) in [5.74, 6) is 0. The van der Waals surface area contributed by atoms with Gasteiger partial charge in [0.25, 0.3) is 0 Å². The predicted octanol–water partition coefficient (Wildman–Crippen LogP) is 3.08. The maximum absolute atomic E-state index is 5.75. The van der Waals surface area contributed by atoms with Crippen LogP contribution in [0.5, 0.6) is 0 Å². The van der Waals surface area contributed by atoms with Crippen molar-refractivity contribution < 1.29 is 0 Å². The van der Waals surface area contributed by atoms with Gasteiger partial charge in [-0.3, -0.25) is 0 Å². The predicted molar refractivity (Wildman–Crippen MR) is 73.9 cm³/mol. The molecule has 1 heterocycles. The number of aromatic nitrogens is 1. The van der Waals surface area contributed by atoms with Crippen molar-refractivity contribution in [3.05, 3.63) is 40.9 Å². The first-order valence-electron chi connectivity index (χ1n) is 5.68. The number of nitrogens with one attached hydrogen (secondary N) is 1. The van der Waals surface area contributed by atoms with Gasteiger partial charge in [-0.1, -0.05) is 18.2 Å². The molecule has 0 saturated carbocycles. The second-order valence-corrected chi connectivity index (χ2v) is 5.12. The van der Waals surface area contributed by atoms with Crippen molar-refractivity contribution in [2.45, 2.75) is 26.3 Å². The number of nitrogens with zero attached hydrogens (tertiary/aromatic N) is 1. The molecule has 0 aliphatic rings. The topological polar surface area (TPSA) is 50.9 Å². The van der Waals surface area contributed by atoms with E-state index in [0.717, 1.165) is 22.9 Å². The Labute approximate surface area is 106 Å². The zero-order valence-corrected chi connectivity index (χ0v) is 10.9. The van der Waals surface area contributed by atoms with Crippen LogP contribution in [0.4, 0.5) is 10.8 Å². The minimum atomic E-state index is 0.156. The van der Waals surface area contributed by atoms with Gasteiger partial charge in [0.1, 0.15) is 0 Å². The van der Waals surface area contributed by atoms with E-state index in [-0.39, 0.29) is 6.04 Å². The van der Waals surface area contributed by atoms with Crippen LogP contribution in [0.1, 0.15) is 18.2 Å². The molecule has 0 fully saturated rings. The molecule has 0 saturated heterocycles. The molecule has 1 atom stereocenters. The third kappa shape index (κ3) is 3.28. The van der Waals surface area contributed by atoms with Crippen molar-refractivity contribution in [3.8, 4) is 0 Å². The Morgan fingerprint density at radius 3 is 2.88 bits per heavy atom. The van der Waals surface area contributed by atoms with E-state index in [2.05, 4.69) is 34.7 Å². The minimum Gasteiger partial charge on any atom is -0.331 e. The zero-order valence-electron chi connectivity index (χ0n) is 10.1. The summed E-state index contributed by atoms with van der Waals surface area (Å²) < 4.78 is 0. The Hall–Kier alpha value is -1.39. The van der Waals surface area contributed by atoms with E-state index in [1.165, 1.54) is 5.56 Å². The van der Waals surface area contributed by atoms with Gasteiger partial charge in [-0.05, 0) is 25.5 Å².